The molecule has 4 N–H and O–H groups in total. The van der Waals surface area contributed by atoms with Crippen LogP contribution in [0.5, 0.6) is 0 Å². The van der Waals surface area contributed by atoms with Gasteiger partial charge in [-0.3, -0.25) is 5.84 Å². The standard InChI is InChI=1S/C14H16N2O/c15-16-14(17)13-8-6-12(7-9-13)10-11-4-2-1-3-5-11/h1-9,14,16-17H,10,15H2. The third-order valence-electron chi connectivity index (χ3n) is 2.70. The Balaban J connectivity index is 2.08. The van der Waals surface area contributed by atoms with E-state index >= 15 is 0 Å². The van der Waals surface area contributed by atoms with Gasteiger partial charge in [-0.15, -0.1) is 0 Å². The van der Waals surface area contributed by atoms with Gasteiger partial charge in [0.1, 0.15) is 6.23 Å². The van der Waals surface area contributed by atoms with Gasteiger partial charge in [-0.1, -0.05) is 54.6 Å². The highest BCUT2D eigenvalue weighted by atomic mass is 16.3. The van der Waals surface area contributed by atoms with Crippen LogP contribution in [0.15, 0.2) is 54.6 Å². The molecule has 1 atom stereocenters. The molecule has 0 aliphatic heterocycles. The van der Waals surface area contributed by atoms with Crippen LogP contribution >= 0.6 is 0 Å². The average Bonchev–Trinajstić information content (AvgIpc) is 2.40. The molecule has 0 spiro atoms. The SMILES string of the molecule is NNC(O)c1ccc(Cc2ccccc2)cc1. The molecular formula is C14H16N2O. The summed E-state index contributed by atoms with van der Waals surface area (Å²) in [6.07, 6.45) is 0.0913. The van der Waals surface area contributed by atoms with Crippen molar-refractivity contribution < 1.29 is 5.11 Å². The Morgan fingerprint density at radius 2 is 1.53 bits per heavy atom. The van der Waals surface area contributed by atoms with Gasteiger partial charge in [0.05, 0.1) is 0 Å². The molecule has 3 heteroatoms. The van der Waals surface area contributed by atoms with Gasteiger partial charge in [0.25, 0.3) is 0 Å². The maximum Gasteiger partial charge on any atom is 0.143 e. The van der Waals surface area contributed by atoms with E-state index in [1.807, 2.05) is 42.5 Å². The Morgan fingerprint density at radius 3 is 2.12 bits per heavy atom. The van der Waals surface area contributed by atoms with Crippen LogP contribution < -0.4 is 11.3 Å². The summed E-state index contributed by atoms with van der Waals surface area (Å²) in [5.74, 6) is 5.17. The van der Waals surface area contributed by atoms with Gasteiger partial charge in [-0.2, -0.15) is 0 Å². The first kappa shape index (κ1) is 11.8. The smallest absolute Gasteiger partial charge is 0.143 e. The molecule has 0 bridgehead atoms. The molecule has 0 aliphatic carbocycles. The third kappa shape index (κ3) is 3.14. The number of hydrogen-bond donors (Lipinski definition) is 3. The monoisotopic (exact) mass is 228 g/mol. The van der Waals surface area contributed by atoms with Crippen molar-refractivity contribution in [3.05, 3.63) is 71.3 Å². The first-order valence-corrected chi connectivity index (χ1v) is 5.56. The fraction of sp³-hybridized carbons (Fsp3) is 0.143. The van der Waals surface area contributed by atoms with E-state index in [4.69, 9.17) is 5.84 Å². The Morgan fingerprint density at radius 1 is 0.941 bits per heavy atom. The van der Waals surface area contributed by atoms with Gasteiger partial charge >= 0.3 is 0 Å². The lowest BCUT2D eigenvalue weighted by Crippen LogP contribution is -2.27. The lowest BCUT2D eigenvalue weighted by Gasteiger charge is -2.09. The highest BCUT2D eigenvalue weighted by Crippen LogP contribution is 2.13. The molecule has 0 aromatic heterocycles. The van der Waals surface area contributed by atoms with Crippen molar-refractivity contribution in [1.29, 1.82) is 0 Å². The molecule has 3 nitrogen and oxygen atoms in total. The lowest BCUT2D eigenvalue weighted by atomic mass is 10.0. The predicted molar refractivity (Wildman–Crippen MR) is 68.0 cm³/mol. The molecule has 0 saturated carbocycles. The molecule has 0 amide bonds. The number of aliphatic hydroxyl groups is 1. The average molecular weight is 228 g/mol. The van der Waals surface area contributed by atoms with E-state index in [9.17, 15) is 5.11 Å². The zero-order valence-corrected chi connectivity index (χ0v) is 9.51. The number of nitrogens with one attached hydrogen (secondary N) is 1. The van der Waals surface area contributed by atoms with Crippen LogP contribution in [-0.2, 0) is 6.42 Å². The Labute approximate surface area is 101 Å². The molecule has 1 unspecified atom stereocenters. The third-order valence-corrected chi connectivity index (χ3v) is 2.70. The number of hydrazine groups is 1. The second kappa shape index (κ2) is 5.59. The van der Waals surface area contributed by atoms with Crippen molar-refractivity contribution in [3.8, 4) is 0 Å². The minimum Gasteiger partial charge on any atom is -0.373 e. The van der Waals surface area contributed by atoms with Crippen molar-refractivity contribution in [1.82, 2.24) is 5.43 Å². The van der Waals surface area contributed by atoms with Crippen LogP contribution in [0.4, 0.5) is 0 Å². The number of aliphatic hydroxyl groups excluding tert-OH is 1. The molecule has 0 radical (unpaired) electrons. The first-order valence-electron chi connectivity index (χ1n) is 5.56. The second-order valence-electron chi connectivity index (χ2n) is 3.97. The van der Waals surface area contributed by atoms with Crippen LogP contribution in [0.2, 0.25) is 0 Å². The fourth-order valence-corrected chi connectivity index (χ4v) is 1.75. The quantitative estimate of drug-likeness (QED) is 0.424. The van der Waals surface area contributed by atoms with Gasteiger partial charge < -0.3 is 5.11 Å². The van der Waals surface area contributed by atoms with E-state index in [2.05, 4.69) is 17.6 Å². The van der Waals surface area contributed by atoms with Crippen LogP contribution in [0.3, 0.4) is 0 Å². The largest absolute Gasteiger partial charge is 0.373 e. The number of benzene rings is 2. The van der Waals surface area contributed by atoms with Crippen molar-refractivity contribution >= 4 is 0 Å². The summed E-state index contributed by atoms with van der Waals surface area (Å²) >= 11 is 0. The van der Waals surface area contributed by atoms with Crippen molar-refractivity contribution in [2.24, 2.45) is 5.84 Å². The Kier molecular flexibility index (Phi) is 3.88. The molecule has 17 heavy (non-hydrogen) atoms. The van der Waals surface area contributed by atoms with Crippen LogP contribution in [0, 0.1) is 0 Å². The Bertz CT molecular complexity index is 453. The second-order valence-corrected chi connectivity index (χ2v) is 3.97. The minimum absolute atomic E-state index is 0.768. The summed E-state index contributed by atoms with van der Waals surface area (Å²) in [6.45, 7) is 0. The van der Waals surface area contributed by atoms with E-state index in [1.54, 1.807) is 0 Å². The first-order chi connectivity index (χ1) is 8.29. The van der Waals surface area contributed by atoms with Crippen molar-refractivity contribution in [2.75, 3.05) is 0 Å². The summed E-state index contributed by atoms with van der Waals surface area (Å²) in [5, 5.41) is 9.47. The van der Waals surface area contributed by atoms with Gasteiger partial charge in [0.15, 0.2) is 0 Å². The van der Waals surface area contributed by atoms with E-state index in [0.29, 0.717) is 0 Å². The summed E-state index contributed by atoms with van der Waals surface area (Å²) in [5.41, 5.74) is 5.56. The van der Waals surface area contributed by atoms with Crippen LogP contribution in [-0.4, -0.2) is 5.11 Å². The molecule has 0 heterocycles. The van der Waals surface area contributed by atoms with Crippen LogP contribution in [0.25, 0.3) is 0 Å². The zero-order chi connectivity index (χ0) is 12.1. The molecule has 2 rings (SSSR count). The number of nitrogens with two attached hydrogens (primary N) is 1. The van der Waals surface area contributed by atoms with Crippen molar-refractivity contribution in [3.63, 3.8) is 0 Å². The molecule has 0 saturated heterocycles. The summed E-state index contributed by atoms with van der Waals surface area (Å²) in [4.78, 5) is 0. The summed E-state index contributed by atoms with van der Waals surface area (Å²) in [6, 6.07) is 18.0. The Hall–Kier alpha value is -1.68. The minimum atomic E-state index is -0.805. The molecule has 2 aromatic carbocycles. The molecule has 0 aliphatic rings. The molecule has 2 aromatic rings. The lowest BCUT2D eigenvalue weighted by molar-refractivity contribution is 0.140. The normalized spacial score (nSPS) is 12.4. The van der Waals surface area contributed by atoms with E-state index in [1.165, 1.54) is 11.1 Å². The molecule has 88 valence electrons. The number of rotatable bonds is 4. The summed E-state index contributed by atoms with van der Waals surface area (Å²) in [7, 11) is 0. The topological polar surface area (TPSA) is 58.3 Å². The highest BCUT2D eigenvalue weighted by molar-refractivity contribution is 5.29. The van der Waals surface area contributed by atoms with E-state index in [-0.39, 0.29) is 0 Å². The maximum absolute atomic E-state index is 9.47. The maximum atomic E-state index is 9.47. The van der Waals surface area contributed by atoms with Gasteiger partial charge in [-0.05, 0) is 23.1 Å². The van der Waals surface area contributed by atoms with E-state index < -0.39 is 6.23 Å². The van der Waals surface area contributed by atoms with E-state index in [0.717, 1.165) is 12.0 Å². The molecular weight excluding hydrogens is 212 g/mol. The fourth-order valence-electron chi connectivity index (χ4n) is 1.75. The predicted octanol–water partition coefficient (Wildman–Crippen LogP) is 1.73. The summed E-state index contributed by atoms with van der Waals surface area (Å²) < 4.78 is 0. The van der Waals surface area contributed by atoms with Gasteiger partial charge in [-0.25, -0.2) is 5.43 Å². The van der Waals surface area contributed by atoms with Crippen LogP contribution in [0.1, 0.15) is 22.9 Å². The zero-order valence-electron chi connectivity index (χ0n) is 9.51. The number of hydrogen-bond acceptors (Lipinski definition) is 3. The molecule has 0 fully saturated rings. The van der Waals surface area contributed by atoms with Gasteiger partial charge in [0, 0.05) is 0 Å². The van der Waals surface area contributed by atoms with Gasteiger partial charge in [0.2, 0.25) is 0 Å². The van der Waals surface area contributed by atoms with Crippen molar-refractivity contribution in [2.45, 2.75) is 12.6 Å². The highest BCUT2D eigenvalue weighted by Gasteiger charge is 2.03.